The average molecular weight is 584 g/mol. The molecule has 38 heavy (non-hydrogen) atoms. The fourth-order valence-corrected chi connectivity index (χ4v) is 4.43. The van der Waals surface area contributed by atoms with Gasteiger partial charge in [0, 0.05) is 42.2 Å². The van der Waals surface area contributed by atoms with Crippen LogP contribution in [0, 0.1) is 0 Å². The minimum Gasteiger partial charge on any atom is -0.496 e. The first kappa shape index (κ1) is 29.0. The lowest BCUT2D eigenvalue weighted by Gasteiger charge is -2.31. The van der Waals surface area contributed by atoms with Crippen molar-refractivity contribution in [2.45, 2.75) is 38.8 Å². The van der Waals surface area contributed by atoms with Crippen molar-refractivity contribution in [3.05, 3.63) is 88.4 Å². The first-order valence-electron chi connectivity index (χ1n) is 12.6. The lowest BCUT2D eigenvalue weighted by atomic mass is 10.0. The van der Waals surface area contributed by atoms with Crippen LogP contribution in [-0.2, 0) is 22.6 Å². The quantitative estimate of drug-likeness (QED) is 0.257. The van der Waals surface area contributed by atoms with E-state index < -0.39 is 6.04 Å². The van der Waals surface area contributed by atoms with E-state index in [9.17, 15) is 9.59 Å². The molecule has 3 rings (SSSR count). The van der Waals surface area contributed by atoms with E-state index >= 15 is 0 Å². The number of hydrogen-bond donors (Lipinski definition) is 1. The van der Waals surface area contributed by atoms with Crippen molar-refractivity contribution >= 4 is 27.7 Å². The molecule has 3 aromatic rings. The summed E-state index contributed by atoms with van der Waals surface area (Å²) in [6.45, 7) is 2.63. The first-order chi connectivity index (χ1) is 18.4. The molecule has 0 saturated heterocycles. The molecule has 0 radical (unpaired) electrons. The van der Waals surface area contributed by atoms with Crippen molar-refractivity contribution in [2.75, 3.05) is 27.4 Å². The number of nitrogens with one attached hydrogen (secondary N) is 1. The molecule has 1 atom stereocenters. The highest BCUT2D eigenvalue weighted by Crippen LogP contribution is 2.27. The number of benzene rings is 3. The molecule has 0 heterocycles. The average Bonchev–Trinajstić information content (AvgIpc) is 2.94. The van der Waals surface area contributed by atoms with Gasteiger partial charge in [0.05, 0.1) is 14.2 Å². The van der Waals surface area contributed by atoms with Crippen molar-refractivity contribution in [3.63, 3.8) is 0 Å². The summed E-state index contributed by atoms with van der Waals surface area (Å²) >= 11 is 3.51. The third-order valence-electron chi connectivity index (χ3n) is 6.03. The third kappa shape index (κ3) is 8.80. The summed E-state index contributed by atoms with van der Waals surface area (Å²) in [7, 11) is 3.10. The summed E-state index contributed by atoms with van der Waals surface area (Å²) in [5, 5.41) is 3.02. The molecular formula is C30H35BrN2O5. The van der Waals surface area contributed by atoms with Gasteiger partial charge >= 0.3 is 0 Å². The lowest BCUT2D eigenvalue weighted by Crippen LogP contribution is -2.51. The standard InChI is InChI=1S/C30H35BrN2O5/c1-4-5-14-32-30(35)28(16-22-10-7-6-8-11-22)33(20-23-12-9-13-24(31)15-23)29(34)21-38-27-18-25(36-2)17-26(19-27)37-3/h6-13,15,17-19,28H,4-5,14,16,20-21H2,1-3H3,(H,32,35)/t28-/m1/s1. The number of unbranched alkanes of at least 4 members (excludes halogenated alkanes) is 1. The minimum absolute atomic E-state index is 0.186. The highest BCUT2D eigenvalue weighted by molar-refractivity contribution is 9.10. The van der Waals surface area contributed by atoms with E-state index in [4.69, 9.17) is 14.2 Å². The summed E-state index contributed by atoms with van der Waals surface area (Å²) in [5.41, 5.74) is 1.86. The summed E-state index contributed by atoms with van der Waals surface area (Å²) in [4.78, 5) is 28.8. The molecule has 3 aromatic carbocycles. The molecule has 0 spiro atoms. The Hall–Kier alpha value is -3.52. The second-order valence-corrected chi connectivity index (χ2v) is 9.75. The number of amides is 2. The monoisotopic (exact) mass is 582 g/mol. The Morgan fingerprint density at radius 2 is 1.55 bits per heavy atom. The summed E-state index contributed by atoms with van der Waals surface area (Å²) < 4.78 is 17.4. The van der Waals surface area contributed by atoms with E-state index in [1.807, 2.05) is 54.6 Å². The molecule has 0 aliphatic heterocycles. The van der Waals surface area contributed by atoms with Crippen LogP contribution < -0.4 is 19.5 Å². The van der Waals surface area contributed by atoms with Gasteiger partial charge in [-0.25, -0.2) is 0 Å². The topological polar surface area (TPSA) is 77.1 Å². The lowest BCUT2D eigenvalue weighted by molar-refractivity contribution is -0.142. The summed E-state index contributed by atoms with van der Waals surface area (Å²) in [6.07, 6.45) is 2.21. The van der Waals surface area contributed by atoms with Gasteiger partial charge in [-0.1, -0.05) is 71.7 Å². The highest BCUT2D eigenvalue weighted by Gasteiger charge is 2.30. The molecule has 0 aliphatic carbocycles. The molecule has 0 unspecified atom stereocenters. The van der Waals surface area contributed by atoms with Crippen molar-refractivity contribution in [3.8, 4) is 17.2 Å². The Balaban J connectivity index is 1.90. The van der Waals surface area contributed by atoms with Crippen LogP contribution >= 0.6 is 15.9 Å². The number of ether oxygens (including phenoxy) is 3. The van der Waals surface area contributed by atoms with Gasteiger partial charge in [-0.3, -0.25) is 9.59 Å². The number of carbonyl (C=O) groups is 2. The van der Waals surface area contributed by atoms with E-state index in [-0.39, 0.29) is 25.0 Å². The van der Waals surface area contributed by atoms with E-state index in [1.165, 1.54) is 0 Å². The van der Waals surface area contributed by atoms with Gasteiger partial charge in [-0.15, -0.1) is 0 Å². The number of halogens is 1. The van der Waals surface area contributed by atoms with E-state index in [0.717, 1.165) is 28.4 Å². The Morgan fingerprint density at radius 1 is 0.895 bits per heavy atom. The molecule has 0 saturated carbocycles. The summed E-state index contributed by atoms with van der Waals surface area (Å²) in [6, 6.07) is 21.8. The highest BCUT2D eigenvalue weighted by atomic mass is 79.9. The zero-order valence-corrected chi connectivity index (χ0v) is 23.7. The van der Waals surface area contributed by atoms with Crippen molar-refractivity contribution in [2.24, 2.45) is 0 Å². The van der Waals surface area contributed by atoms with Crippen LogP contribution in [0.3, 0.4) is 0 Å². The predicted octanol–water partition coefficient (Wildman–Crippen LogP) is 5.40. The van der Waals surface area contributed by atoms with Gasteiger partial charge in [-0.05, 0) is 29.7 Å². The Labute approximate surface area is 233 Å². The van der Waals surface area contributed by atoms with E-state index in [2.05, 4.69) is 28.2 Å². The zero-order chi connectivity index (χ0) is 27.3. The van der Waals surface area contributed by atoms with Crippen LogP contribution in [0.1, 0.15) is 30.9 Å². The first-order valence-corrected chi connectivity index (χ1v) is 13.4. The Bertz CT molecular complexity index is 1170. The van der Waals surface area contributed by atoms with Gasteiger partial charge in [-0.2, -0.15) is 0 Å². The number of rotatable bonds is 14. The third-order valence-corrected chi connectivity index (χ3v) is 6.52. The van der Waals surface area contributed by atoms with Crippen LogP contribution in [0.4, 0.5) is 0 Å². The van der Waals surface area contributed by atoms with Gasteiger partial charge in [0.25, 0.3) is 5.91 Å². The molecule has 7 nitrogen and oxygen atoms in total. The van der Waals surface area contributed by atoms with Crippen molar-refractivity contribution in [1.29, 1.82) is 0 Å². The second kappa shape index (κ2) is 15.0. The van der Waals surface area contributed by atoms with Crippen LogP contribution in [-0.4, -0.2) is 50.1 Å². The van der Waals surface area contributed by atoms with E-state index in [1.54, 1.807) is 37.3 Å². The molecule has 202 valence electrons. The largest absolute Gasteiger partial charge is 0.496 e. The second-order valence-electron chi connectivity index (χ2n) is 8.84. The summed E-state index contributed by atoms with van der Waals surface area (Å²) in [5.74, 6) is 1.04. The van der Waals surface area contributed by atoms with Gasteiger partial charge in [0.15, 0.2) is 6.61 Å². The molecule has 0 bridgehead atoms. The zero-order valence-electron chi connectivity index (χ0n) is 22.1. The minimum atomic E-state index is -0.718. The number of methoxy groups -OCH3 is 2. The number of carbonyl (C=O) groups excluding carboxylic acids is 2. The van der Waals surface area contributed by atoms with Crippen LogP contribution in [0.2, 0.25) is 0 Å². The molecule has 2 amide bonds. The maximum atomic E-state index is 13.7. The van der Waals surface area contributed by atoms with E-state index in [0.29, 0.717) is 30.2 Å². The Kier molecular flexibility index (Phi) is 11.5. The fraction of sp³-hybridized carbons (Fsp3) is 0.333. The molecule has 0 aromatic heterocycles. The van der Waals surface area contributed by atoms with Crippen LogP contribution in [0.15, 0.2) is 77.3 Å². The SMILES string of the molecule is CCCCNC(=O)[C@@H](Cc1ccccc1)N(Cc1cccc(Br)c1)C(=O)COc1cc(OC)cc(OC)c1. The van der Waals surface area contributed by atoms with Crippen LogP contribution in [0.5, 0.6) is 17.2 Å². The molecule has 0 fully saturated rings. The van der Waals surface area contributed by atoms with Crippen LogP contribution in [0.25, 0.3) is 0 Å². The smallest absolute Gasteiger partial charge is 0.261 e. The van der Waals surface area contributed by atoms with Gasteiger partial charge in [0.1, 0.15) is 23.3 Å². The van der Waals surface area contributed by atoms with Crippen molar-refractivity contribution < 1.29 is 23.8 Å². The van der Waals surface area contributed by atoms with Crippen molar-refractivity contribution in [1.82, 2.24) is 10.2 Å². The van der Waals surface area contributed by atoms with Gasteiger partial charge < -0.3 is 24.4 Å². The molecule has 8 heteroatoms. The molecule has 0 aliphatic rings. The maximum absolute atomic E-state index is 13.7. The Morgan fingerprint density at radius 3 is 2.18 bits per heavy atom. The number of nitrogens with zero attached hydrogens (tertiary/aromatic N) is 1. The van der Waals surface area contributed by atoms with Gasteiger partial charge in [0.2, 0.25) is 5.91 Å². The number of hydrogen-bond acceptors (Lipinski definition) is 5. The fourth-order valence-electron chi connectivity index (χ4n) is 3.98. The predicted molar refractivity (Wildman–Crippen MR) is 152 cm³/mol. The molecular weight excluding hydrogens is 548 g/mol. The normalized spacial score (nSPS) is 11.4. The molecule has 1 N–H and O–H groups in total. The maximum Gasteiger partial charge on any atom is 0.261 e.